The van der Waals surface area contributed by atoms with Gasteiger partial charge in [0.15, 0.2) is 0 Å². The van der Waals surface area contributed by atoms with E-state index in [2.05, 4.69) is 18.8 Å². The summed E-state index contributed by atoms with van der Waals surface area (Å²) in [4.78, 5) is 23.9. The number of fused-ring (bicyclic) bond motifs is 3. The Hall–Kier alpha value is -2.23. The number of carbonyl (C=O) groups is 1. The molecular formula is C19H21N3O. The van der Waals surface area contributed by atoms with Gasteiger partial charge < -0.3 is 4.90 Å². The van der Waals surface area contributed by atoms with Gasteiger partial charge >= 0.3 is 0 Å². The molecule has 0 bridgehead atoms. The molecule has 1 aromatic heterocycles. The molecule has 4 heteroatoms. The zero-order valence-electron chi connectivity index (χ0n) is 13.6. The summed E-state index contributed by atoms with van der Waals surface area (Å²) in [5.74, 6) is 2.33. The van der Waals surface area contributed by atoms with Crippen LogP contribution in [0.15, 0.2) is 36.5 Å². The van der Waals surface area contributed by atoms with E-state index in [9.17, 15) is 4.79 Å². The van der Waals surface area contributed by atoms with Crippen molar-refractivity contribution in [2.24, 2.45) is 5.92 Å². The number of hydrogen-bond donors (Lipinski definition) is 0. The summed E-state index contributed by atoms with van der Waals surface area (Å²) in [6.07, 6.45) is 2.97. The van der Waals surface area contributed by atoms with E-state index in [0.29, 0.717) is 17.8 Å². The Labute approximate surface area is 136 Å². The molecule has 1 fully saturated rings. The first-order chi connectivity index (χ1) is 11.1. The molecule has 4 rings (SSSR count). The van der Waals surface area contributed by atoms with E-state index in [4.69, 9.17) is 4.98 Å². The van der Waals surface area contributed by atoms with Crippen LogP contribution in [0.4, 0.5) is 0 Å². The fraction of sp³-hybridized carbons (Fsp3) is 0.421. The van der Waals surface area contributed by atoms with Crippen molar-refractivity contribution in [3.8, 4) is 0 Å². The van der Waals surface area contributed by atoms with Crippen molar-refractivity contribution in [1.82, 2.24) is 14.9 Å². The van der Waals surface area contributed by atoms with Gasteiger partial charge in [-0.1, -0.05) is 32.0 Å². The van der Waals surface area contributed by atoms with E-state index in [0.717, 1.165) is 30.9 Å². The first-order valence-corrected chi connectivity index (χ1v) is 8.33. The molecule has 1 saturated heterocycles. The molecule has 0 N–H and O–H groups in total. The lowest BCUT2D eigenvalue weighted by Crippen LogP contribution is -2.29. The summed E-state index contributed by atoms with van der Waals surface area (Å²) >= 11 is 0. The minimum atomic E-state index is 0.140. The van der Waals surface area contributed by atoms with Crippen LogP contribution in [0.1, 0.15) is 53.1 Å². The van der Waals surface area contributed by atoms with Crippen LogP contribution in [0.25, 0.3) is 0 Å². The third-order valence-electron chi connectivity index (χ3n) is 5.04. The third-order valence-corrected chi connectivity index (χ3v) is 5.04. The molecular weight excluding hydrogens is 286 g/mol. The Morgan fingerprint density at radius 1 is 1.22 bits per heavy atom. The average Bonchev–Trinajstić information content (AvgIpc) is 3.12. The average molecular weight is 307 g/mol. The third kappa shape index (κ3) is 2.42. The molecule has 1 amide bonds. The molecule has 2 atom stereocenters. The number of hydrogen-bond acceptors (Lipinski definition) is 3. The molecule has 4 nitrogen and oxygen atoms in total. The van der Waals surface area contributed by atoms with Crippen LogP contribution in [0.3, 0.4) is 0 Å². The van der Waals surface area contributed by atoms with Crippen molar-refractivity contribution in [3.63, 3.8) is 0 Å². The van der Waals surface area contributed by atoms with E-state index < -0.39 is 0 Å². The van der Waals surface area contributed by atoms with Gasteiger partial charge in [-0.25, -0.2) is 9.97 Å². The molecule has 0 saturated carbocycles. The Morgan fingerprint density at radius 3 is 2.74 bits per heavy atom. The highest BCUT2D eigenvalue weighted by Gasteiger charge is 2.42. The van der Waals surface area contributed by atoms with Crippen LogP contribution in [-0.4, -0.2) is 33.9 Å². The second-order valence-electron chi connectivity index (χ2n) is 6.93. The molecule has 2 unspecified atom stereocenters. The zero-order chi connectivity index (χ0) is 16.0. The predicted octanol–water partition coefficient (Wildman–Crippen LogP) is 3.01. The molecule has 0 spiro atoms. The first kappa shape index (κ1) is 14.4. The van der Waals surface area contributed by atoms with Crippen LogP contribution in [0.5, 0.6) is 0 Å². The second-order valence-corrected chi connectivity index (χ2v) is 6.93. The Balaban J connectivity index is 1.55. The van der Waals surface area contributed by atoms with Gasteiger partial charge in [0.1, 0.15) is 5.82 Å². The van der Waals surface area contributed by atoms with Crippen molar-refractivity contribution in [2.75, 3.05) is 13.1 Å². The Bertz CT molecular complexity index is 742. The highest BCUT2D eigenvalue weighted by molar-refractivity contribution is 5.94. The summed E-state index contributed by atoms with van der Waals surface area (Å²) in [5, 5.41) is 0. The lowest BCUT2D eigenvalue weighted by atomic mass is 9.97. The lowest BCUT2D eigenvalue weighted by molar-refractivity contribution is 0.0785. The van der Waals surface area contributed by atoms with Gasteiger partial charge in [0, 0.05) is 42.4 Å². The highest BCUT2D eigenvalue weighted by atomic mass is 16.2. The summed E-state index contributed by atoms with van der Waals surface area (Å²) in [7, 11) is 0. The van der Waals surface area contributed by atoms with Crippen LogP contribution in [-0.2, 0) is 6.42 Å². The van der Waals surface area contributed by atoms with Gasteiger partial charge in [0.2, 0.25) is 0 Å². The molecule has 118 valence electrons. The van der Waals surface area contributed by atoms with Crippen molar-refractivity contribution in [1.29, 1.82) is 0 Å². The van der Waals surface area contributed by atoms with Gasteiger partial charge in [-0.2, -0.15) is 0 Å². The van der Waals surface area contributed by atoms with Gasteiger partial charge in [-0.3, -0.25) is 4.79 Å². The van der Waals surface area contributed by atoms with Crippen molar-refractivity contribution >= 4 is 5.91 Å². The first-order valence-electron chi connectivity index (χ1n) is 8.33. The van der Waals surface area contributed by atoms with Crippen molar-refractivity contribution < 1.29 is 4.79 Å². The fourth-order valence-electron chi connectivity index (χ4n) is 3.80. The van der Waals surface area contributed by atoms with Crippen LogP contribution in [0.2, 0.25) is 0 Å². The maximum absolute atomic E-state index is 12.6. The maximum atomic E-state index is 12.6. The summed E-state index contributed by atoms with van der Waals surface area (Å²) < 4.78 is 0. The number of benzene rings is 1. The lowest BCUT2D eigenvalue weighted by Gasteiger charge is -2.18. The standard InChI is InChI=1S/C19H21N3O/c1-12(2)18-20-9-15-16-11-22(10-14(16)8-17(15)21-18)19(23)13-6-4-3-5-7-13/h3-7,9,12,14,16H,8,10-11H2,1-2H3. The van der Waals surface area contributed by atoms with Crippen LogP contribution in [0, 0.1) is 5.92 Å². The van der Waals surface area contributed by atoms with Crippen molar-refractivity contribution in [2.45, 2.75) is 32.1 Å². The van der Waals surface area contributed by atoms with Crippen molar-refractivity contribution in [3.05, 3.63) is 59.2 Å². The number of aromatic nitrogens is 2. The van der Waals surface area contributed by atoms with Crippen LogP contribution < -0.4 is 0 Å². The number of amides is 1. The van der Waals surface area contributed by atoms with E-state index in [1.54, 1.807) is 0 Å². The molecule has 1 aliphatic heterocycles. The van der Waals surface area contributed by atoms with Gasteiger partial charge in [0.05, 0.1) is 0 Å². The number of carbonyl (C=O) groups excluding carboxylic acids is 1. The van der Waals surface area contributed by atoms with E-state index in [1.807, 2.05) is 41.4 Å². The minimum Gasteiger partial charge on any atom is -0.338 e. The summed E-state index contributed by atoms with van der Waals surface area (Å²) in [6.45, 7) is 5.86. The van der Waals surface area contributed by atoms with Crippen LogP contribution >= 0.6 is 0 Å². The zero-order valence-corrected chi connectivity index (χ0v) is 13.6. The normalized spacial score (nSPS) is 22.3. The molecule has 23 heavy (non-hydrogen) atoms. The summed E-state index contributed by atoms with van der Waals surface area (Å²) in [5.41, 5.74) is 3.23. The Morgan fingerprint density at radius 2 is 2.00 bits per heavy atom. The number of nitrogens with zero attached hydrogens (tertiary/aromatic N) is 3. The number of likely N-dealkylation sites (tertiary alicyclic amines) is 1. The SMILES string of the molecule is CC(C)c1ncc2c(n1)CC1CN(C(=O)c3ccccc3)CC21. The minimum absolute atomic E-state index is 0.140. The van der Waals surface area contributed by atoms with E-state index >= 15 is 0 Å². The van der Waals surface area contributed by atoms with E-state index in [1.165, 1.54) is 11.3 Å². The van der Waals surface area contributed by atoms with Gasteiger partial charge in [-0.15, -0.1) is 0 Å². The maximum Gasteiger partial charge on any atom is 0.253 e. The molecule has 2 heterocycles. The smallest absolute Gasteiger partial charge is 0.253 e. The van der Waals surface area contributed by atoms with E-state index in [-0.39, 0.29) is 5.91 Å². The summed E-state index contributed by atoms with van der Waals surface area (Å²) in [6, 6.07) is 9.56. The number of rotatable bonds is 2. The molecule has 2 aliphatic rings. The largest absolute Gasteiger partial charge is 0.338 e. The fourth-order valence-corrected chi connectivity index (χ4v) is 3.80. The monoisotopic (exact) mass is 307 g/mol. The quantitative estimate of drug-likeness (QED) is 0.857. The van der Waals surface area contributed by atoms with Gasteiger partial charge in [-0.05, 0) is 30.0 Å². The molecule has 2 aromatic rings. The predicted molar refractivity (Wildman–Crippen MR) is 88.4 cm³/mol. The molecule has 0 radical (unpaired) electrons. The Kier molecular flexibility index (Phi) is 3.40. The molecule has 1 aromatic carbocycles. The highest BCUT2D eigenvalue weighted by Crippen LogP contribution is 2.42. The topological polar surface area (TPSA) is 46.1 Å². The molecule has 1 aliphatic carbocycles. The second kappa shape index (κ2) is 5.44. The van der Waals surface area contributed by atoms with Gasteiger partial charge in [0.25, 0.3) is 5.91 Å².